The Kier molecular flexibility index (Phi) is 7.57. The van der Waals surface area contributed by atoms with E-state index in [1.165, 1.54) is 12.1 Å². The predicted octanol–water partition coefficient (Wildman–Crippen LogP) is 4.80. The SMILES string of the molecule is Cc1ccccc1OCCCC(=O)Oc1ccc2cc(C(=O)NCc3ccccc3)c(=O)oc2c1. The first kappa shape index (κ1) is 23.8. The predicted molar refractivity (Wildman–Crippen MR) is 132 cm³/mol. The summed E-state index contributed by atoms with van der Waals surface area (Å²) < 4.78 is 16.4. The Morgan fingerprint density at radius 3 is 2.51 bits per heavy atom. The van der Waals surface area contributed by atoms with E-state index in [2.05, 4.69) is 5.32 Å². The highest BCUT2D eigenvalue weighted by Crippen LogP contribution is 2.21. The molecule has 0 aliphatic heterocycles. The van der Waals surface area contributed by atoms with Crippen LogP contribution in [0.2, 0.25) is 0 Å². The monoisotopic (exact) mass is 471 g/mol. The van der Waals surface area contributed by atoms with Gasteiger partial charge in [0.2, 0.25) is 0 Å². The van der Waals surface area contributed by atoms with Crippen LogP contribution in [-0.4, -0.2) is 18.5 Å². The van der Waals surface area contributed by atoms with Crippen molar-refractivity contribution in [3.8, 4) is 11.5 Å². The Balaban J connectivity index is 1.33. The number of aryl methyl sites for hydroxylation is 1. The molecule has 0 spiro atoms. The summed E-state index contributed by atoms with van der Waals surface area (Å²) >= 11 is 0. The maximum atomic E-state index is 12.5. The van der Waals surface area contributed by atoms with Gasteiger partial charge in [0.05, 0.1) is 6.61 Å². The lowest BCUT2D eigenvalue weighted by Crippen LogP contribution is -2.27. The summed E-state index contributed by atoms with van der Waals surface area (Å²) in [4.78, 5) is 37.1. The van der Waals surface area contributed by atoms with Crippen molar-refractivity contribution in [2.24, 2.45) is 0 Å². The van der Waals surface area contributed by atoms with Crippen LogP contribution in [0.3, 0.4) is 0 Å². The summed E-state index contributed by atoms with van der Waals surface area (Å²) in [5.41, 5.74) is 1.32. The Hall–Kier alpha value is -4.39. The van der Waals surface area contributed by atoms with Crippen LogP contribution in [0.15, 0.2) is 88.1 Å². The van der Waals surface area contributed by atoms with E-state index < -0.39 is 17.5 Å². The van der Waals surface area contributed by atoms with Gasteiger partial charge in [-0.2, -0.15) is 0 Å². The average molecular weight is 472 g/mol. The van der Waals surface area contributed by atoms with Crippen molar-refractivity contribution in [1.29, 1.82) is 0 Å². The maximum absolute atomic E-state index is 12.5. The minimum absolute atomic E-state index is 0.0909. The van der Waals surface area contributed by atoms with E-state index in [0.29, 0.717) is 25.0 Å². The highest BCUT2D eigenvalue weighted by molar-refractivity contribution is 5.96. The third-order valence-electron chi connectivity index (χ3n) is 5.36. The van der Waals surface area contributed by atoms with E-state index in [9.17, 15) is 14.4 Å². The molecule has 1 aromatic heterocycles. The molecule has 4 rings (SSSR count). The zero-order chi connectivity index (χ0) is 24.6. The second-order valence-corrected chi connectivity index (χ2v) is 8.01. The number of amides is 1. The van der Waals surface area contributed by atoms with Gasteiger partial charge in [-0.05, 0) is 48.7 Å². The van der Waals surface area contributed by atoms with E-state index in [-0.39, 0.29) is 23.3 Å². The number of nitrogens with one attached hydrogen (secondary N) is 1. The topological polar surface area (TPSA) is 94.8 Å². The van der Waals surface area contributed by atoms with Crippen molar-refractivity contribution in [3.63, 3.8) is 0 Å². The number of fused-ring (bicyclic) bond motifs is 1. The third-order valence-corrected chi connectivity index (χ3v) is 5.36. The zero-order valence-electron chi connectivity index (χ0n) is 19.3. The van der Waals surface area contributed by atoms with Crippen molar-refractivity contribution < 1.29 is 23.5 Å². The number of hydrogen-bond donors (Lipinski definition) is 1. The molecular weight excluding hydrogens is 446 g/mol. The van der Waals surface area contributed by atoms with Gasteiger partial charge in [-0.25, -0.2) is 4.79 Å². The van der Waals surface area contributed by atoms with Gasteiger partial charge in [-0.3, -0.25) is 9.59 Å². The van der Waals surface area contributed by atoms with E-state index in [4.69, 9.17) is 13.9 Å². The Bertz CT molecular complexity index is 1390. The maximum Gasteiger partial charge on any atom is 0.349 e. The molecule has 7 heteroatoms. The molecule has 35 heavy (non-hydrogen) atoms. The Labute approximate surface area is 202 Å². The van der Waals surface area contributed by atoms with E-state index >= 15 is 0 Å². The van der Waals surface area contributed by atoms with Crippen LogP contribution in [0.4, 0.5) is 0 Å². The van der Waals surface area contributed by atoms with Crippen LogP contribution in [-0.2, 0) is 11.3 Å². The van der Waals surface area contributed by atoms with E-state index in [0.717, 1.165) is 16.9 Å². The van der Waals surface area contributed by atoms with Crippen LogP contribution in [0.25, 0.3) is 11.0 Å². The van der Waals surface area contributed by atoms with Crippen LogP contribution >= 0.6 is 0 Å². The number of ether oxygens (including phenoxy) is 2. The molecule has 1 N–H and O–H groups in total. The quantitative estimate of drug-likeness (QED) is 0.163. The van der Waals surface area contributed by atoms with E-state index in [1.54, 1.807) is 12.1 Å². The molecule has 0 saturated carbocycles. The summed E-state index contributed by atoms with van der Waals surface area (Å²) in [6, 6.07) is 23.2. The number of carbonyl (C=O) groups excluding carboxylic acids is 2. The lowest BCUT2D eigenvalue weighted by atomic mass is 10.1. The summed E-state index contributed by atoms with van der Waals surface area (Å²) in [5, 5.41) is 3.26. The molecule has 0 fully saturated rings. The van der Waals surface area contributed by atoms with Crippen molar-refractivity contribution in [3.05, 3.63) is 106 Å². The minimum Gasteiger partial charge on any atom is -0.493 e. The molecule has 4 aromatic rings. The van der Waals surface area contributed by atoms with Crippen LogP contribution < -0.4 is 20.4 Å². The number of esters is 1. The third kappa shape index (κ3) is 6.35. The van der Waals surface area contributed by atoms with Gasteiger partial charge in [0.15, 0.2) is 0 Å². The fourth-order valence-electron chi connectivity index (χ4n) is 3.49. The van der Waals surface area contributed by atoms with Gasteiger partial charge in [0.1, 0.15) is 22.6 Å². The molecular formula is C28H25NO6. The molecule has 0 unspecified atom stereocenters. The molecule has 0 aliphatic carbocycles. The molecule has 3 aromatic carbocycles. The molecule has 0 atom stereocenters. The van der Waals surface area contributed by atoms with Crippen molar-refractivity contribution in [2.45, 2.75) is 26.3 Å². The van der Waals surface area contributed by atoms with Gasteiger partial charge in [-0.15, -0.1) is 0 Å². The second kappa shape index (κ2) is 11.2. The summed E-state index contributed by atoms with van der Waals surface area (Å²) in [5.74, 6) is 0.107. The number of carbonyl (C=O) groups is 2. The number of hydrogen-bond acceptors (Lipinski definition) is 6. The number of benzene rings is 3. The van der Waals surface area contributed by atoms with Gasteiger partial charge in [0.25, 0.3) is 5.91 Å². The van der Waals surface area contributed by atoms with Gasteiger partial charge >= 0.3 is 11.6 Å². The minimum atomic E-state index is -0.764. The number of rotatable bonds is 9. The van der Waals surface area contributed by atoms with Crippen molar-refractivity contribution in [2.75, 3.05) is 6.61 Å². The fraction of sp³-hybridized carbons (Fsp3) is 0.179. The number of para-hydroxylation sites is 1. The highest BCUT2D eigenvalue weighted by atomic mass is 16.5. The van der Waals surface area contributed by atoms with Crippen LogP contribution in [0, 0.1) is 6.92 Å². The summed E-state index contributed by atoms with van der Waals surface area (Å²) in [6.07, 6.45) is 0.672. The van der Waals surface area contributed by atoms with E-state index in [1.807, 2.05) is 61.5 Å². The first-order chi connectivity index (χ1) is 17.0. The molecule has 178 valence electrons. The Morgan fingerprint density at radius 1 is 0.943 bits per heavy atom. The zero-order valence-corrected chi connectivity index (χ0v) is 19.3. The molecule has 0 aliphatic rings. The largest absolute Gasteiger partial charge is 0.493 e. The van der Waals surface area contributed by atoms with Crippen molar-refractivity contribution in [1.82, 2.24) is 5.32 Å². The smallest absolute Gasteiger partial charge is 0.349 e. The molecule has 1 amide bonds. The van der Waals surface area contributed by atoms with Gasteiger partial charge in [0, 0.05) is 24.4 Å². The first-order valence-corrected chi connectivity index (χ1v) is 11.3. The lowest BCUT2D eigenvalue weighted by Gasteiger charge is -2.09. The second-order valence-electron chi connectivity index (χ2n) is 8.01. The fourth-order valence-corrected chi connectivity index (χ4v) is 3.49. The summed E-state index contributed by atoms with van der Waals surface area (Å²) in [6.45, 7) is 2.64. The molecule has 7 nitrogen and oxygen atoms in total. The normalized spacial score (nSPS) is 10.7. The van der Waals surface area contributed by atoms with Crippen molar-refractivity contribution >= 4 is 22.8 Å². The molecule has 0 saturated heterocycles. The molecule has 1 heterocycles. The van der Waals surface area contributed by atoms with Crippen LogP contribution in [0.1, 0.15) is 34.3 Å². The highest BCUT2D eigenvalue weighted by Gasteiger charge is 2.15. The van der Waals surface area contributed by atoms with Gasteiger partial charge < -0.3 is 19.2 Å². The van der Waals surface area contributed by atoms with Crippen LogP contribution in [0.5, 0.6) is 11.5 Å². The standard InChI is InChI=1S/C28H25NO6/c1-19-8-5-6-11-24(19)33-15-7-12-26(30)34-22-14-13-21-16-23(28(32)35-25(21)17-22)27(31)29-18-20-9-3-2-4-10-20/h2-6,8-11,13-14,16-17H,7,12,15,18H2,1H3,(H,29,31). The average Bonchev–Trinajstić information content (AvgIpc) is 2.86. The molecule has 0 radical (unpaired) electrons. The Morgan fingerprint density at radius 2 is 1.71 bits per heavy atom. The summed E-state index contributed by atoms with van der Waals surface area (Å²) in [7, 11) is 0. The van der Waals surface area contributed by atoms with Gasteiger partial charge in [-0.1, -0.05) is 48.5 Å². The molecule has 0 bridgehead atoms. The lowest BCUT2D eigenvalue weighted by molar-refractivity contribution is -0.134. The first-order valence-electron chi connectivity index (χ1n) is 11.3.